The Morgan fingerprint density at radius 3 is 2.26 bits per heavy atom. The summed E-state index contributed by atoms with van der Waals surface area (Å²) in [4.78, 5) is 21.7. The lowest BCUT2D eigenvalue weighted by molar-refractivity contribution is -0.144. The van der Waals surface area contributed by atoms with E-state index in [2.05, 4.69) is 20.4 Å². The van der Waals surface area contributed by atoms with Crippen molar-refractivity contribution in [2.45, 2.75) is 58.8 Å². The van der Waals surface area contributed by atoms with Crippen molar-refractivity contribution in [2.24, 2.45) is 5.92 Å². The van der Waals surface area contributed by atoms with Crippen molar-refractivity contribution in [1.29, 1.82) is 0 Å². The Hall–Kier alpha value is -1.32. The average molecular weight is 270 g/mol. The lowest BCUT2D eigenvalue weighted by Gasteiger charge is -2.06. The number of carbonyl (C=O) groups is 2. The van der Waals surface area contributed by atoms with Gasteiger partial charge >= 0.3 is 11.9 Å². The molecular weight excluding hydrogens is 244 g/mol. The first kappa shape index (κ1) is 17.7. The number of unbranched alkanes of at least 4 members (excludes halogenated alkanes) is 4. The molecule has 0 fully saturated rings. The van der Waals surface area contributed by atoms with Gasteiger partial charge in [-0.05, 0) is 12.3 Å². The topological polar surface area (TPSA) is 63.6 Å². The Labute approximate surface area is 115 Å². The van der Waals surface area contributed by atoms with Crippen LogP contribution in [0.15, 0.2) is 12.2 Å². The van der Waals surface area contributed by atoms with Crippen LogP contribution in [0, 0.1) is 5.92 Å². The van der Waals surface area contributed by atoms with Crippen LogP contribution in [-0.4, -0.2) is 23.7 Å². The summed E-state index contributed by atoms with van der Waals surface area (Å²) in [6.07, 6.45) is 6.57. The van der Waals surface area contributed by atoms with Crippen molar-refractivity contribution in [3.8, 4) is 0 Å². The van der Waals surface area contributed by atoms with Crippen molar-refractivity contribution >= 4 is 11.9 Å². The summed E-state index contributed by atoms with van der Waals surface area (Å²) >= 11 is 0. The molecule has 0 saturated carbocycles. The maximum atomic E-state index is 11.2. The van der Waals surface area contributed by atoms with Crippen LogP contribution in [0.2, 0.25) is 0 Å². The second-order valence-corrected chi connectivity index (χ2v) is 5.26. The van der Waals surface area contributed by atoms with Gasteiger partial charge in [0, 0.05) is 5.57 Å². The van der Waals surface area contributed by atoms with Crippen LogP contribution in [0.4, 0.5) is 0 Å². The van der Waals surface area contributed by atoms with Crippen molar-refractivity contribution in [2.75, 3.05) is 6.61 Å². The van der Waals surface area contributed by atoms with E-state index >= 15 is 0 Å². The highest BCUT2D eigenvalue weighted by atomic mass is 16.5. The molecule has 0 rings (SSSR count). The summed E-state index contributed by atoms with van der Waals surface area (Å²) < 4.78 is 4.94. The molecule has 0 unspecified atom stereocenters. The molecule has 0 aromatic heterocycles. The number of ether oxygens (including phenoxy) is 1. The number of hydrogen-bond acceptors (Lipinski definition) is 3. The summed E-state index contributed by atoms with van der Waals surface area (Å²) in [7, 11) is 0. The lowest BCUT2D eigenvalue weighted by atomic mass is 10.0. The second kappa shape index (κ2) is 10.6. The molecule has 0 atom stereocenters. The Morgan fingerprint density at radius 1 is 1.11 bits per heavy atom. The molecule has 0 radical (unpaired) electrons. The lowest BCUT2D eigenvalue weighted by Crippen LogP contribution is -2.10. The number of carboxylic acids is 1. The van der Waals surface area contributed by atoms with E-state index < -0.39 is 11.9 Å². The van der Waals surface area contributed by atoms with Crippen LogP contribution in [0.25, 0.3) is 0 Å². The van der Waals surface area contributed by atoms with Gasteiger partial charge in [0.05, 0.1) is 13.0 Å². The van der Waals surface area contributed by atoms with Crippen molar-refractivity contribution in [3.63, 3.8) is 0 Å². The van der Waals surface area contributed by atoms with Gasteiger partial charge in [-0.15, -0.1) is 0 Å². The zero-order valence-corrected chi connectivity index (χ0v) is 12.1. The summed E-state index contributed by atoms with van der Waals surface area (Å²) in [5, 5.41) is 8.55. The maximum absolute atomic E-state index is 11.2. The first-order valence-electron chi connectivity index (χ1n) is 7.00. The van der Waals surface area contributed by atoms with Crippen LogP contribution in [-0.2, 0) is 14.3 Å². The predicted molar refractivity (Wildman–Crippen MR) is 74.9 cm³/mol. The minimum absolute atomic E-state index is 0.126. The molecular formula is C15H26O4. The number of hydrogen-bond donors (Lipinski definition) is 1. The SMILES string of the molecule is C=C(CC(=O)OCCCCCCCC(C)C)C(=O)O. The van der Waals surface area contributed by atoms with Crippen LogP contribution in [0.3, 0.4) is 0 Å². The first-order chi connectivity index (χ1) is 8.93. The Morgan fingerprint density at radius 2 is 1.68 bits per heavy atom. The highest BCUT2D eigenvalue weighted by Gasteiger charge is 2.10. The molecule has 0 aliphatic heterocycles. The Balaban J connectivity index is 3.37. The van der Waals surface area contributed by atoms with Gasteiger partial charge in [0.1, 0.15) is 0 Å². The smallest absolute Gasteiger partial charge is 0.331 e. The van der Waals surface area contributed by atoms with E-state index in [1.165, 1.54) is 19.3 Å². The summed E-state index contributed by atoms with van der Waals surface area (Å²) in [6, 6.07) is 0. The monoisotopic (exact) mass is 270 g/mol. The summed E-state index contributed by atoms with van der Waals surface area (Å²) in [5.74, 6) is -0.891. The molecule has 0 saturated heterocycles. The molecule has 0 heterocycles. The molecule has 0 amide bonds. The van der Waals surface area contributed by atoms with Crippen LogP contribution in [0.1, 0.15) is 58.8 Å². The number of esters is 1. The third kappa shape index (κ3) is 11.5. The number of rotatable bonds is 11. The molecule has 1 N–H and O–H groups in total. The van der Waals surface area contributed by atoms with Gasteiger partial charge < -0.3 is 9.84 Å². The van der Waals surface area contributed by atoms with Gasteiger partial charge in [-0.1, -0.05) is 52.5 Å². The normalized spacial score (nSPS) is 10.5. The van der Waals surface area contributed by atoms with E-state index in [4.69, 9.17) is 9.84 Å². The number of carbonyl (C=O) groups excluding carboxylic acids is 1. The van der Waals surface area contributed by atoms with E-state index in [-0.39, 0.29) is 12.0 Å². The third-order valence-electron chi connectivity index (χ3n) is 2.85. The fourth-order valence-electron chi connectivity index (χ4n) is 1.67. The van der Waals surface area contributed by atoms with Crippen LogP contribution in [0.5, 0.6) is 0 Å². The maximum Gasteiger partial charge on any atom is 0.331 e. The Kier molecular flexibility index (Phi) is 9.85. The fourth-order valence-corrected chi connectivity index (χ4v) is 1.67. The molecule has 0 aliphatic carbocycles. The molecule has 0 aliphatic rings. The van der Waals surface area contributed by atoms with Crippen LogP contribution >= 0.6 is 0 Å². The zero-order valence-electron chi connectivity index (χ0n) is 12.1. The van der Waals surface area contributed by atoms with E-state index in [1.807, 2.05) is 0 Å². The minimum Gasteiger partial charge on any atom is -0.478 e. The van der Waals surface area contributed by atoms with E-state index in [0.29, 0.717) is 6.61 Å². The largest absolute Gasteiger partial charge is 0.478 e. The Bertz CT molecular complexity index is 295. The number of aliphatic carboxylic acids is 1. The van der Waals surface area contributed by atoms with Crippen molar-refractivity contribution in [1.82, 2.24) is 0 Å². The van der Waals surface area contributed by atoms with Gasteiger partial charge in [0.15, 0.2) is 0 Å². The quantitative estimate of drug-likeness (QED) is 0.354. The molecule has 19 heavy (non-hydrogen) atoms. The molecule has 0 aromatic rings. The summed E-state index contributed by atoms with van der Waals surface area (Å²) in [5.41, 5.74) is -0.126. The third-order valence-corrected chi connectivity index (χ3v) is 2.85. The first-order valence-corrected chi connectivity index (χ1v) is 7.00. The van der Waals surface area contributed by atoms with Gasteiger partial charge in [0.25, 0.3) is 0 Å². The van der Waals surface area contributed by atoms with E-state index in [9.17, 15) is 9.59 Å². The number of carboxylic acid groups (broad SMARTS) is 1. The summed E-state index contributed by atoms with van der Waals surface area (Å²) in [6.45, 7) is 8.11. The molecule has 4 heteroatoms. The average Bonchev–Trinajstić information content (AvgIpc) is 2.31. The standard InChI is InChI=1S/C15H26O4/c1-12(2)9-7-5-4-6-8-10-19-14(16)11-13(3)15(17)18/h12H,3-11H2,1-2H3,(H,17,18). The van der Waals surface area contributed by atoms with Gasteiger partial charge in [-0.3, -0.25) is 4.79 Å². The van der Waals surface area contributed by atoms with Crippen LogP contribution < -0.4 is 0 Å². The molecule has 0 aromatic carbocycles. The molecule has 4 nitrogen and oxygen atoms in total. The van der Waals surface area contributed by atoms with Crippen molar-refractivity contribution < 1.29 is 19.4 Å². The zero-order chi connectivity index (χ0) is 14.7. The van der Waals surface area contributed by atoms with Gasteiger partial charge in [-0.2, -0.15) is 0 Å². The van der Waals surface area contributed by atoms with Gasteiger partial charge in [-0.25, -0.2) is 4.79 Å². The molecule has 0 spiro atoms. The van der Waals surface area contributed by atoms with E-state index in [1.54, 1.807) is 0 Å². The van der Waals surface area contributed by atoms with Gasteiger partial charge in [0.2, 0.25) is 0 Å². The minimum atomic E-state index is -1.15. The van der Waals surface area contributed by atoms with E-state index in [0.717, 1.165) is 25.2 Å². The highest BCUT2D eigenvalue weighted by Crippen LogP contribution is 2.10. The highest BCUT2D eigenvalue weighted by molar-refractivity contribution is 5.91. The molecule has 110 valence electrons. The molecule has 0 bridgehead atoms. The fraction of sp³-hybridized carbons (Fsp3) is 0.733. The van der Waals surface area contributed by atoms with Crippen molar-refractivity contribution in [3.05, 3.63) is 12.2 Å². The second-order valence-electron chi connectivity index (χ2n) is 5.26. The predicted octanol–water partition coefficient (Wildman–Crippen LogP) is 3.56.